The SMILES string of the molecule is O=S1c2c(NC3(CO)CCC3)nc(N3CCC(c4ccc(S(F)(F)(F)(F)F)cc4)CC3)nc2C2CC21. The number of piperidine rings is 1. The van der Waals surface area contributed by atoms with Crippen LogP contribution in [-0.2, 0) is 10.8 Å². The van der Waals surface area contributed by atoms with Crippen molar-refractivity contribution >= 4 is 32.8 Å². The molecular formula is C23H27F5N4O2S2. The van der Waals surface area contributed by atoms with Gasteiger partial charge in [-0.15, -0.1) is 0 Å². The van der Waals surface area contributed by atoms with E-state index in [2.05, 4.69) is 5.32 Å². The molecule has 1 aromatic heterocycles. The molecule has 4 aliphatic rings. The maximum Gasteiger partial charge on any atom is 0.310 e. The van der Waals surface area contributed by atoms with Crippen LogP contribution >= 0.6 is 10.2 Å². The number of hydrogen-bond acceptors (Lipinski definition) is 6. The van der Waals surface area contributed by atoms with Crippen LogP contribution < -0.4 is 10.2 Å². The van der Waals surface area contributed by atoms with Crippen LogP contribution in [0.2, 0.25) is 0 Å². The Balaban J connectivity index is 1.21. The molecule has 3 unspecified atom stereocenters. The Morgan fingerprint density at radius 2 is 1.75 bits per heavy atom. The monoisotopic (exact) mass is 550 g/mol. The first-order valence-electron chi connectivity index (χ1n) is 12.1. The number of aliphatic hydroxyl groups is 1. The molecule has 198 valence electrons. The second-order valence-corrected chi connectivity index (χ2v) is 14.5. The molecule has 2 aliphatic heterocycles. The van der Waals surface area contributed by atoms with Crippen LogP contribution in [0, 0.1) is 0 Å². The fourth-order valence-corrected chi connectivity index (χ4v) is 8.02. The lowest BCUT2D eigenvalue weighted by Crippen LogP contribution is -2.49. The number of nitrogens with zero attached hydrogens (tertiary/aromatic N) is 3. The maximum absolute atomic E-state index is 13.0. The topological polar surface area (TPSA) is 78.3 Å². The number of benzene rings is 1. The predicted molar refractivity (Wildman–Crippen MR) is 129 cm³/mol. The summed E-state index contributed by atoms with van der Waals surface area (Å²) in [6.45, 7) is 1.07. The minimum Gasteiger partial charge on any atom is -0.394 e. The third-order valence-corrected chi connectivity index (χ3v) is 11.0. The van der Waals surface area contributed by atoms with Crippen molar-refractivity contribution in [3.8, 4) is 0 Å². The van der Waals surface area contributed by atoms with E-state index in [0.29, 0.717) is 60.3 Å². The Morgan fingerprint density at radius 1 is 1.08 bits per heavy atom. The van der Waals surface area contributed by atoms with E-state index in [1.54, 1.807) is 0 Å². The molecule has 0 spiro atoms. The van der Waals surface area contributed by atoms with Crippen molar-refractivity contribution in [2.45, 2.75) is 70.9 Å². The molecule has 2 N–H and O–H groups in total. The summed E-state index contributed by atoms with van der Waals surface area (Å²) >= 11 is 0. The molecule has 3 heterocycles. The van der Waals surface area contributed by atoms with E-state index < -0.39 is 31.5 Å². The third kappa shape index (κ3) is 4.16. The van der Waals surface area contributed by atoms with Crippen molar-refractivity contribution in [3.63, 3.8) is 0 Å². The zero-order valence-electron chi connectivity index (χ0n) is 19.3. The Labute approximate surface area is 207 Å². The van der Waals surface area contributed by atoms with E-state index in [1.807, 2.05) is 4.90 Å². The molecule has 3 atom stereocenters. The van der Waals surface area contributed by atoms with Gasteiger partial charge in [-0.25, -0.2) is 4.98 Å². The van der Waals surface area contributed by atoms with Crippen LogP contribution in [0.1, 0.15) is 61.6 Å². The van der Waals surface area contributed by atoms with Gasteiger partial charge in [-0.1, -0.05) is 31.6 Å². The molecule has 1 aromatic carbocycles. The van der Waals surface area contributed by atoms with Crippen LogP contribution in [0.4, 0.5) is 31.2 Å². The van der Waals surface area contributed by atoms with Gasteiger partial charge in [0.25, 0.3) is 0 Å². The number of hydrogen-bond donors (Lipinski definition) is 2. The molecule has 6 nitrogen and oxygen atoms in total. The summed E-state index contributed by atoms with van der Waals surface area (Å²) in [5.41, 5.74) is 0.959. The van der Waals surface area contributed by atoms with E-state index in [1.165, 1.54) is 0 Å². The first-order chi connectivity index (χ1) is 16.8. The van der Waals surface area contributed by atoms with Gasteiger partial charge in [0.15, 0.2) is 0 Å². The summed E-state index contributed by atoms with van der Waals surface area (Å²) in [7, 11) is -10.9. The number of rotatable bonds is 6. The van der Waals surface area contributed by atoms with Gasteiger partial charge in [0.05, 0.1) is 28.6 Å². The van der Waals surface area contributed by atoms with E-state index in [0.717, 1.165) is 43.5 Å². The van der Waals surface area contributed by atoms with E-state index in [9.17, 15) is 28.7 Å². The normalized spacial score (nSPS) is 28.9. The highest BCUT2D eigenvalue weighted by Crippen LogP contribution is 3.02. The zero-order chi connectivity index (χ0) is 25.6. The third-order valence-electron chi connectivity index (χ3n) is 8.01. The molecule has 2 aliphatic carbocycles. The Hall–Kier alpha value is -1.99. The summed E-state index contributed by atoms with van der Waals surface area (Å²) in [5.74, 6) is 1.15. The molecule has 0 amide bonds. The largest absolute Gasteiger partial charge is 0.394 e. The summed E-state index contributed by atoms with van der Waals surface area (Å²) in [5, 5.41) is 13.4. The minimum absolute atomic E-state index is 0.0349. The van der Waals surface area contributed by atoms with Gasteiger partial charge in [0.1, 0.15) is 15.6 Å². The van der Waals surface area contributed by atoms with Crippen LogP contribution in [-0.4, -0.2) is 49.8 Å². The molecule has 6 rings (SSSR count). The highest BCUT2D eigenvalue weighted by Gasteiger charge is 2.65. The standard InChI is InChI=1S/C23H27F5N4O2S2/c24-36(25,26,27,28)16-4-2-14(3-5-16)15-6-10-32(11-7-15)22-29-19-17-12-18(17)35(34)20(19)21(30-22)31-23(13-33)8-1-9-23/h2-5,15,17-18,33H,1,6-13H2,(H,29,30,31). The lowest BCUT2D eigenvalue weighted by atomic mass is 9.77. The molecule has 2 aromatic rings. The van der Waals surface area contributed by atoms with Crippen molar-refractivity contribution in [1.29, 1.82) is 0 Å². The first-order valence-corrected chi connectivity index (χ1v) is 15.2. The van der Waals surface area contributed by atoms with Crippen molar-refractivity contribution < 1.29 is 28.7 Å². The number of fused-ring (bicyclic) bond motifs is 3. The predicted octanol–water partition coefficient (Wildman–Crippen LogP) is 5.82. The van der Waals surface area contributed by atoms with Crippen LogP contribution in [0.3, 0.4) is 0 Å². The summed E-state index contributed by atoms with van der Waals surface area (Å²) < 4.78 is 78.1. The number of nitrogens with one attached hydrogen (secondary N) is 1. The molecule has 0 radical (unpaired) electrons. The van der Waals surface area contributed by atoms with E-state index >= 15 is 0 Å². The second-order valence-electron chi connectivity index (χ2n) is 10.5. The van der Waals surface area contributed by atoms with E-state index in [4.69, 9.17) is 9.97 Å². The van der Waals surface area contributed by atoms with Crippen molar-refractivity contribution in [2.75, 3.05) is 29.9 Å². The average Bonchev–Trinajstić information content (AvgIpc) is 3.55. The molecular weight excluding hydrogens is 523 g/mol. The smallest absolute Gasteiger partial charge is 0.310 e. The van der Waals surface area contributed by atoms with Crippen LogP contribution in [0.25, 0.3) is 0 Å². The Morgan fingerprint density at radius 3 is 2.31 bits per heavy atom. The fraction of sp³-hybridized carbons (Fsp3) is 0.565. The highest BCUT2D eigenvalue weighted by molar-refractivity contribution is 8.45. The summed E-state index contributed by atoms with van der Waals surface area (Å²) in [6.07, 6.45) is 4.68. The van der Waals surface area contributed by atoms with Gasteiger partial charge in [-0.3, -0.25) is 4.21 Å². The number of halogens is 5. The van der Waals surface area contributed by atoms with Crippen molar-refractivity contribution in [1.82, 2.24) is 9.97 Å². The van der Waals surface area contributed by atoms with Gasteiger partial charge in [-0.2, -0.15) is 4.98 Å². The second kappa shape index (κ2) is 7.31. The lowest BCUT2D eigenvalue weighted by Gasteiger charge is -2.42. The quantitative estimate of drug-likeness (QED) is 0.442. The minimum atomic E-state index is -9.68. The number of aromatic nitrogens is 2. The fourth-order valence-electron chi connectivity index (χ4n) is 5.57. The lowest BCUT2D eigenvalue weighted by molar-refractivity contribution is 0.143. The first kappa shape index (κ1) is 24.4. The summed E-state index contributed by atoms with van der Waals surface area (Å²) in [6, 6.07) is 3.26. The molecule has 1 saturated heterocycles. The summed E-state index contributed by atoms with van der Waals surface area (Å²) in [4.78, 5) is 10.3. The zero-order valence-corrected chi connectivity index (χ0v) is 20.9. The maximum atomic E-state index is 13.0. The molecule has 2 saturated carbocycles. The molecule has 13 heteroatoms. The highest BCUT2D eigenvalue weighted by atomic mass is 32.5. The van der Waals surface area contributed by atoms with Crippen LogP contribution in [0.15, 0.2) is 34.1 Å². The Kier molecular flexibility index (Phi) is 4.95. The molecule has 36 heavy (non-hydrogen) atoms. The van der Waals surface area contributed by atoms with Gasteiger partial charge in [-0.05, 0) is 62.1 Å². The van der Waals surface area contributed by atoms with Crippen molar-refractivity contribution in [3.05, 3.63) is 35.5 Å². The van der Waals surface area contributed by atoms with Crippen molar-refractivity contribution in [2.24, 2.45) is 0 Å². The van der Waals surface area contributed by atoms with Gasteiger partial charge in [0.2, 0.25) is 5.95 Å². The van der Waals surface area contributed by atoms with E-state index in [-0.39, 0.29) is 23.7 Å². The number of anilines is 2. The van der Waals surface area contributed by atoms with Gasteiger partial charge >= 0.3 is 10.2 Å². The molecule has 0 bridgehead atoms. The average molecular weight is 551 g/mol. The molecule has 3 fully saturated rings. The Bertz CT molecular complexity index is 1240. The van der Waals surface area contributed by atoms with Crippen LogP contribution in [0.5, 0.6) is 0 Å². The van der Waals surface area contributed by atoms with Gasteiger partial charge < -0.3 is 15.3 Å². The van der Waals surface area contributed by atoms with Gasteiger partial charge in [0, 0.05) is 24.3 Å². The number of aliphatic hydroxyl groups excluding tert-OH is 1.